The molecule has 2 aromatic rings. The van der Waals surface area contributed by atoms with Gasteiger partial charge >= 0.3 is 0 Å². The van der Waals surface area contributed by atoms with Crippen LogP contribution in [0.5, 0.6) is 5.75 Å². The number of carbonyl (C=O) groups is 1. The van der Waals surface area contributed by atoms with Crippen LogP contribution < -0.4 is 10.1 Å². The Kier molecular flexibility index (Phi) is 6.76. The average Bonchev–Trinajstić information content (AvgIpc) is 2.58. The van der Waals surface area contributed by atoms with E-state index in [1.165, 1.54) is 50.6 Å². The number of hydrogen-bond donors (Lipinski definition) is 1. The lowest BCUT2D eigenvalue weighted by Gasteiger charge is -2.18. The number of amides is 1. The summed E-state index contributed by atoms with van der Waals surface area (Å²) in [5.41, 5.74) is 0.165. The lowest BCUT2D eigenvalue weighted by atomic mass is 10.3. The van der Waals surface area contributed by atoms with Crippen LogP contribution in [0.4, 0.5) is 5.69 Å². The van der Waals surface area contributed by atoms with E-state index in [1.807, 2.05) is 0 Å². The van der Waals surface area contributed by atoms with Crippen molar-refractivity contribution >= 4 is 56.4 Å². The average molecular weight is 438 g/mol. The number of nitrogens with zero attached hydrogens (tertiary/aromatic N) is 1. The second kappa shape index (κ2) is 8.45. The molecule has 26 heavy (non-hydrogen) atoms. The molecule has 0 aliphatic heterocycles. The molecule has 0 aromatic heterocycles. The molecule has 0 bridgehead atoms. The van der Waals surface area contributed by atoms with Crippen LogP contribution in [0.1, 0.15) is 0 Å². The van der Waals surface area contributed by atoms with Gasteiger partial charge in [0, 0.05) is 12.1 Å². The Labute approximate surface area is 166 Å². The van der Waals surface area contributed by atoms with E-state index in [2.05, 4.69) is 5.32 Å². The van der Waals surface area contributed by atoms with Gasteiger partial charge in [-0.1, -0.05) is 34.8 Å². The highest BCUT2D eigenvalue weighted by atomic mass is 35.5. The van der Waals surface area contributed by atoms with Crippen LogP contribution in [0.15, 0.2) is 41.3 Å². The predicted octanol–water partition coefficient (Wildman–Crippen LogP) is 3.91. The van der Waals surface area contributed by atoms with Gasteiger partial charge in [0.15, 0.2) is 0 Å². The van der Waals surface area contributed by atoms with Crippen molar-refractivity contribution in [3.63, 3.8) is 0 Å². The molecule has 0 spiro atoms. The molecule has 2 aromatic carbocycles. The zero-order valence-electron chi connectivity index (χ0n) is 13.8. The van der Waals surface area contributed by atoms with E-state index in [0.29, 0.717) is 10.8 Å². The summed E-state index contributed by atoms with van der Waals surface area (Å²) in [6, 6.07) is 8.68. The van der Waals surface area contributed by atoms with Crippen LogP contribution in [-0.2, 0) is 14.8 Å². The first-order chi connectivity index (χ1) is 12.1. The van der Waals surface area contributed by atoms with Crippen molar-refractivity contribution in [1.82, 2.24) is 4.31 Å². The number of halogens is 3. The third-order valence-electron chi connectivity index (χ3n) is 3.41. The van der Waals surface area contributed by atoms with Crippen molar-refractivity contribution in [2.24, 2.45) is 0 Å². The fraction of sp³-hybridized carbons (Fsp3) is 0.188. The van der Waals surface area contributed by atoms with Crippen LogP contribution >= 0.6 is 34.8 Å². The van der Waals surface area contributed by atoms with Gasteiger partial charge in [-0.3, -0.25) is 4.79 Å². The maximum absolute atomic E-state index is 12.5. The van der Waals surface area contributed by atoms with Crippen molar-refractivity contribution in [3.8, 4) is 5.75 Å². The predicted molar refractivity (Wildman–Crippen MR) is 103 cm³/mol. The maximum atomic E-state index is 12.5. The van der Waals surface area contributed by atoms with E-state index >= 15 is 0 Å². The monoisotopic (exact) mass is 436 g/mol. The van der Waals surface area contributed by atoms with Crippen LogP contribution in [0.3, 0.4) is 0 Å². The van der Waals surface area contributed by atoms with Gasteiger partial charge in [-0.25, -0.2) is 8.42 Å². The van der Waals surface area contributed by atoms with Crippen LogP contribution in [-0.4, -0.2) is 39.3 Å². The van der Waals surface area contributed by atoms with Gasteiger partial charge in [0.25, 0.3) is 0 Å². The van der Waals surface area contributed by atoms with Gasteiger partial charge in [0.1, 0.15) is 5.75 Å². The smallest absolute Gasteiger partial charge is 0.243 e. The molecule has 0 saturated carbocycles. The highest BCUT2D eigenvalue weighted by molar-refractivity contribution is 7.89. The number of anilines is 1. The molecule has 140 valence electrons. The third-order valence-corrected chi connectivity index (χ3v) is 6.04. The zero-order chi connectivity index (χ0) is 19.5. The Morgan fingerprint density at radius 3 is 2.15 bits per heavy atom. The fourth-order valence-electron chi connectivity index (χ4n) is 2.06. The molecular formula is C16H15Cl3N2O4S. The number of benzene rings is 2. The zero-order valence-corrected chi connectivity index (χ0v) is 16.9. The molecule has 0 aliphatic carbocycles. The second-order valence-electron chi connectivity index (χ2n) is 5.23. The summed E-state index contributed by atoms with van der Waals surface area (Å²) in [6.07, 6.45) is 0. The highest BCUT2D eigenvalue weighted by Crippen LogP contribution is 2.33. The summed E-state index contributed by atoms with van der Waals surface area (Å²) in [5, 5.41) is 3.11. The van der Waals surface area contributed by atoms with Gasteiger partial charge in [-0.15, -0.1) is 0 Å². The molecule has 0 fully saturated rings. The van der Waals surface area contributed by atoms with Crippen molar-refractivity contribution < 1.29 is 17.9 Å². The number of hydrogen-bond acceptors (Lipinski definition) is 4. The number of rotatable bonds is 6. The molecule has 0 heterocycles. The number of carbonyl (C=O) groups excluding carboxylic acids is 1. The minimum atomic E-state index is -3.85. The van der Waals surface area contributed by atoms with Crippen molar-refractivity contribution in [3.05, 3.63) is 51.5 Å². The minimum Gasteiger partial charge on any atom is -0.497 e. The summed E-state index contributed by atoms with van der Waals surface area (Å²) in [5.74, 6) is -0.0768. The summed E-state index contributed by atoms with van der Waals surface area (Å²) in [4.78, 5) is 12.2. The number of sulfonamides is 1. The van der Waals surface area contributed by atoms with Crippen molar-refractivity contribution in [2.45, 2.75) is 4.90 Å². The molecule has 0 aliphatic rings. The molecule has 0 atom stereocenters. The minimum absolute atomic E-state index is 0.0381. The van der Waals surface area contributed by atoms with Crippen molar-refractivity contribution in [2.75, 3.05) is 26.0 Å². The Balaban J connectivity index is 2.13. The molecule has 6 nitrogen and oxygen atoms in total. The Hall–Kier alpha value is -1.51. The standard InChI is InChI=1S/C16H15Cl3N2O4S/c1-21(26(23,24)12-5-3-11(25-2)4-6-12)9-15(22)20-16-13(18)7-10(17)8-14(16)19/h3-8H,9H2,1-2H3,(H,20,22). The van der Waals surface area contributed by atoms with E-state index in [9.17, 15) is 13.2 Å². The first kappa shape index (κ1) is 20.8. The van der Waals surface area contributed by atoms with Gasteiger partial charge in [0.05, 0.1) is 34.3 Å². The Morgan fingerprint density at radius 1 is 1.12 bits per heavy atom. The molecule has 0 saturated heterocycles. The first-order valence-electron chi connectivity index (χ1n) is 7.20. The van der Waals surface area contributed by atoms with E-state index in [1.54, 1.807) is 0 Å². The maximum Gasteiger partial charge on any atom is 0.243 e. The SMILES string of the molecule is COc1ccc(S(=O)(=O)N(C)CC(=O)Nc2c(Cl)cc(Cl)cc2Cl)cc1. The second-order valence-corrected chi connectivity index (χ2v) is 8.52. The summed E-state index contributed by atoms with van der Waals surface area (Å²) in [7, 11) is -1.07. The first-order valence-corrected chi connectivity index (χ1v) is 9.77. The lowest BCUT2D eigenvalue weighted by Crippen LogP contribution is -2.35. The van der Waals surface area contributed by atoms with E-state index < -0.39 is 22.5 Å². The van der Waals surface area contributed by atoms with E-state index in [-0.39, 0.29) is 20.6 Å². The lowest BCUT2D eigenvalue weighted by molar-refractivity contribution is -0.116. The molecule has 10 heteroatoms. The summed E-state index contributed by atoms with van der Waals surface area (Å²) in [6.45, 7) is -0.427. The van der Waals surface area contributed by atoms with Crippen molar-refractivity contribution in [1.29, 1.82) is 0 Å². The van der Waals surface area contributed by atoms with Gasteiger partial charge in [-0.2, -0.15) is 4.31 Å². The van der Waals surface area contributed by atoms with Crippen LogP contribution in [0, 0.1) is 0 Å². The number of methoxy groups -OCH3 is 1. The number of likely N-dealkylation sites (N-methyl/N-ethyl adjacent to an activating group) is 1. The molecule has 1 amide bonds. The normalized spacial score (nSPS) is 11.5. The van der Waals surface area contributed by atoms with Gasteiger partial charge < -0.3 is 10.1 Å². The fourth-order valence-corrected chi connectivity index (χ4v) is 4.09. The molecule has 1 N–H and O–H groups in total. The molecule has 0 radical (unpaired) electrons. The highest BCUT2D eigenvalue weighted by Gasteiger charge is 2.23. The third kappa shape index (κ3) is 4.81. The largest absolute Gasteiger partial charge is 0.497 e. The van der Waals surface area contributed by atoms with Gasteiger partial charge in [-0.05, 0) is 36.4 Å². The van der Waals surface area contributed by atoms with Gasteiger partial charge in [0.2, 0.25) is 15.9 Å². The molecule has 2 rings (SSSR count). The Bertz CT molecular complexity index is 895. The summed E-state index contributed by atoms with van der Waals surface area (Å²) < 4.78 is 31.0. The van der Waals surface area contributed by atoms with Crippen LogP contribution in [0.2, 0.25) is 15.1 Å². The Morgan fingerprint density at radius 2 is 1.65 bits per heavy atom. The molecular weight excluding hydrogens is 423 g/mol. The quantitative estimate of drug-likeness (QED) is 0.743. The van der Waals surface area contributed by atoms with Crippen LogP contribution in [0.25, 0.3) is 0 Å². The van der Waals surface area contributed by atoms with E-state index in [4.69, 9.17) is 39.5 Å². The topological polar surface area (TPSA) is 75.7 Å². The number of ether oxygens (including phenoxy) is 1. The van der Waals surface area contributed by atoms with E-state index in [0.717, 1.165) is 4.31 Å². The summed E-state index contributed by atoms with van der Waals surface area (Å²) >= 11 is 17.8. The molecule has 0 unspecified atom stereocenters. The number of nitrogens with one attached hydrogen (secondary N) is 1.